The lowest BCUT2D eigenvalue weighted by atomic mass is 9.99. The Morgan fingerprint density at radius 1 is 1.00 bits per heavy atom. The van der Waals surface area contributed by atoms with Crippen LogP contribution >= 0.6 is 0 Å². The van der Waals surface area contributed by atoms with Gasteiger partial charge in [0.25, 0.3) is 0 Å². The Balaban J connectivity index is 1.59. The van der Waals surface area contributed by atoms with Crippen molar-refractivity contribution in [1.82, 2.24) is 0 Å². The fourth-order valence-corrected chi connectivity index (χ4v) is 3.54. The Labute approximate surface area is 181 Å². The molecule has 170 valence electrons. The van der Waals surface area contributed by atoms with E-state index in [4.69, 9.17) is 18.6 Å². The van der Waals surface area contributed by atoms with Crippen molar-refractivity contribution in [2.24, 2.45) is 0 Å². The number of phenolic OH excluding ortho intramolecular Hbond substituents is 1. The standard InChI is InChI=1S/C22H22O10/c1-29-12-6-14(24)17-15(7-12)30-9-13(18(17)25)10-2-4-11(5-3-10)31-22-21(28)20(27)19(26)16(8-23)32-22/h2-7,9,16,19-24,26-28H,8H2,1H3/t16-,19+,20+,21-,22-/m0/s1. The number of phenols is 1. The average molecular weight is 446 g/mol. The molecule has 0 spiro atoms. The van der Waals surface area contributed by atoms with Crippen molar-refractivity contribution in [3.8, 4) is 28.4 Å². The van der Waals surface area contributed by atoms with Crippen LogP contribution in [-0.2, 0) is 4.74 Å². The van der Waals surface area contributed by atoms with Gasteiger partial charge in [0.1, 0.15) is 58.9 Å². The first-order valence-electron chi connectivity index (χ1n) is 9.74. The number of hydrogen-bond acceptors (Lipinski definition) is 10. The molecule has 1 aliphatic heterocycles. The van der Waals surface area contributed by atoms with Crippen LogP contribution in [-0.4, -0.2) is 70.0 Å². The summed E-state index contributed by atoms with van der Waals surface area (Å²) in [6.45, 7) is -0.569. The first-order valence-corrected chi connectivity index (χ1v) is 9.74. The monoisotopic (exact) mass is 446 g/mol. The van der Waals surface area contributed by atoms with E-state index in [9.17, 15) is 30.3 Å². The van der Waals surface area contributed by atoms with Gasteiger partial charge in [0.15, 0.2) is 0 Å². The van der Waals surface area contributed by atoms with Crippen molar-refractivity contribution in [1.29, 1.82) is 0 Å². The van der Waals surface area contributed by atoms with E-state index in [0.717, 1.165) is 0 Å². The highest BCUT2D eigenvalue weighted by molar-refractivity contribution is 5.88. The molecule has 0 bridgehead atoms. The summed E-state index contributed by atoms with van der Waals surface area (Å²) < 4.78 is 21.4. The number of ether oxygens (including phenoxy) is 3. The molecule has 32 heavy (non-hydrogen) atoms. The summed E-state index contributed by atoms with van der Waals surface area (Å²) in [6.07, 6.45) is -5.73. The maximum Gasteiger partial charge on any atom is 0.229 e. The Bertz CT molecular complexity index is 1150. The molecule has 5 N–H and O–H groups in total. The molecule has 10 nitrogen and oxygen atoms in total. The number of fused-ring (bicyclic) bond motifs is 1. The Hall–Kier alpha value is -3.15. The fraction of sp³-hybridized carbons (Fsp3) is 0.318. The molecule has 10 heteroatoms. The molecular formula is C22H22O10. The zero-order chi connectivity index (χ0) is 23.0. The molecule has 0 saturated carbocycles. The van der Waals surface area contributed by atoms with Crippen molar-refractivity contribution >= 4 is 11.0 Å². The smallest absolute Gasteiger partial charge is 0.229 e. The van der Waals surface area contributed by atoms with E-state index in [1.165, 1.54) is 37.6 Å². The minimum atomic E-state index is -1.56. The molecule has 4 rings (SSSR count). The summed E-state index contributed by atoms with van der Waals surface area (Å²) >= 11 is 0. The Morgan fingerprint density at radius 3 is 2.38 bits per heavy atom. The third-order valence-corrected chi connectivity index (χ3v) is 5.33. The lowest BCUT2D eigenvalue weighted by molar-refractivity contribution is -0.277. The zero-order valence-electron chi connectivity index (χ0n) is 16.9. The van der Waals surface area contributed by atoms with E-state index in [0.29, 0.717) is 11.3 Å². The maximum atomic E-state index is 12.9. The van der Waals surface area contributed by atoms with Gasteiger partial charge in [-0.1, -0.05) is 12.1 Å². The number of aliphatic hydroxyl groups excluding tert-OH is 4. The zero-order valence-corrected chi connectivity index (χ0v) is 16.9. The van der Waals surface area contributed by atoms with E-state index in [1.807, 2.05) is 0 Å². The van der Waals surface area contributed by atoms with Crippen LogP contribution in [0.4, 0.5) is 0 Å². The SMILES string of the molecule is COc1cc(O)c2c(=O)c(-c3ccc(O[C@H]4O[C@@H](CO)[C@@H](O)[C@@H](O)[C@@H]4O)cc3)coc2c1. The van der Waals surface area contributed by atoms with Gasteiger partial charge in [-0.05, 0) is 17.7 Å². The molecule has 0 radical (unpaired) electrons. The maximum absolute atomic E-state index is 12.9. The quantitative estimate of drug-likeness (QED) is 0.370. The highest BCUT2D eigenvalue weighted by Crippen LogP contribution is 2.31. The van der Waals surface area contributed by atoms with Crippen molar-refractivity contribution in [2.75, 3.05) is 13.7 Å². The lowest BCUT2D eigenvalue weighted by Crippen LogP contribution is -2.60. The molecule has 1 aromatic heterocycles. The predicted octanol–water partition coefficient (Wildman–Crippen LogP) is 0.353. The van der Waals surface area contributed by atoms with Gasteiger partial charge < -0.3 is 44.2 Å². The molecule has 2 heterocycles. The normalized spacial score (nSPS) is 25.6. The van der Waals surface area contributed by atoms with Crippen LogP contribution in [0.15, 0.2) is 51.9 Å². The molecule has 5 atom stereocenters. The van der Waals surface area contributed by atoms with E-state index < -0.39 is 42.7 Å². The molecule has 1 fully saturated rings. The van der Waals surface area contributed by atoms with Gasteiger partial charge in [0.2, 0.25) is 11.7 Å². The second-order valence-corrected chi connectivity index (χ2v) is 7.34. The van der Waals surface area contributed by atoms with Gasteiger partial charge >= 0.3 is 0 Å². The average Bonchev–Trinajstić information content (AvgIpc) is 2.80. The number of methoxy groups -OCH3 is 1. The highest BCUT2D eigenvalue weighted by atomic mass is 16.7. The van der Waals surface area contributed by atoms with Crippen LogP contribution < -0.4 is 14.9 Å². The molecule has 0 aliphatic carbocycles. The number of benzene rings is 2. The Morgan fingerprint density at radius 2 is 1.72 bits per heavy atom. The Kier molecular flexibility index (Phi) is 6.04. The molecule has 1 aliphatic rings. The molecule has 2 aromatic carbocycles. The van der Waals surface area contributed by atoms with Crippen LogP contribution in [0.3, 0.4) is 0 Å². The van der Waals surface area contributed by atoms with E-state index in [1.54, 1.807) is 12.1 Å². The van der Waals surface area contributed by atoms with Gasteiger partial charge in [-0.2, -0.15) is 0 Å². The number of rotatable bonds is 5. The number of aliphatic hydroxyl groups is 4. The van der Waals surface area contributed by atoms with Crippen LogP contribution in [0.2, 0.25) is 0 Å². The molecule has 3 aromatic rings. The molecular weight excluding hydrogens is 424 g/mol. The summed E-state index contributed by atoms with van der Waals surface area (Å²) in [7, 11) is 1.43. The van der Waals surface area contributed by atoms with Crippen LogP contribution in [0.5, 0.6) is 17.2 Å². The first-order chi connectivity index (χ1) is 15.3. The summed E-state index contributed by atoms with van der Waals surface area (Å²) in [5.74, 6) is 0.328. The van der Waals surface area contributed by atoms with Crippen LogP contribution in [0.1, 0.15) is 0 Å². The van der Waals surface area contributed by atoms with Gasteiger partial charge in [-0.3, -0.25) is 4.79 Å². The summed E-state index contributed by atoms with van der Waals surface area (Å²) in [4.78, 5) is 12.9. The van der Waals surface area contributed by atoms with Crippen molar-refractivity contribution < 1.29 is 44.2 Å². The second kappa shape index (κ2) is 8.77. The minimum Gasteiger partial charge on any atom is -0.507 e. The van der Waals surface area contributed by atoms with E-state index >= 15 is 0 Å². The van der Waals surface area contributed by atoms with Gasteiger partial charge in [-0.25, -0.2) is 0 Å². The van der Waals surface area contributed by atoms with E-state index in [2.05, 4.69) is 0 Å². The minimum absolute atomic E-state index is 0.0185. The summed E-state index contributed by atoms with van der Waals surface area (Å²) in [6, 6.07) is 8.97. The van der Waals surface area contributed by atoms with Gasteiger partial charge in [0.05, 0.1) is 19.3 Å². The predicted molar refractivity (Wildman–Crippen MR) is 111 cm³/mol. The lowest BCUT2D eigenvalue weighted by Gasteiger charge is -2.39. The molecule has 1 saturated heterocycles. The van der Waals surface area contributed by atoms with Crippen molar-refractivity contribution in [3.63, 3.8) is 0 Å². The van der Waals surface area contributed by atoms with Crippen molar-refractivity contribution in [3.05, 3.63) is 52.9 Å². The second-order valence-electron chi connectivity index (χ2n) is 7.34. The van der Waals surface area contributed by atoms with E-state index in [-0.39, 0.29) is 28.0 Å². The molecule has 0 amide bonds. The topological polar surface area (TPSA) is 159 Å². The van der Waals surface area contributed by atoms with Crippen molar-refractivity contribution in [2.45, 2.75) is 30.7 Å². The number of hydrogen-bond donors (Lipinski definition) is 5. The highest BCUT2D eigenvalue weighted by Gasteiger charge is 2.44. The van der Waals surface area contributed by atoms with Crippen LogP contribution in [0, 0.1) is 0 Å². The third-order valence-electron chi connectivity index (χ3n) is 5.33. The van der Waals surface area contributed by atoms with Crippen LogP contribution in [0.25, 0.3) is 22.1 Å². The first kappa shape index (κ1) is 22.1. The fourth-order valence-electron chi connectivity index (χ4n) is 3.54. The van der Waals surface area contributed by atoms with Gasteiger partial charge in [0, 0.05) is 12.1 Å². The van der Waals surface area contributed by atoms with Gasteiger partial charge in [-0.15, -0.1) is 0 Å². The summed E-state index contributed by atoms with van der Waals surface area (Å²) in [5, 5.41) is 49.3. The largest absolute Gasteiger partial charge is 0.507 e. The number of aromatic hydroxyl groups is 1. The molecule has 0 unspecified atom stereocenters. The summed E-state index contributed by atoms with van der Waals surface area (Å²) in [5.41, 5.74) is 0.432. The third kappa shape index (κ3) is 3.90.